The van der Waals surface area contributed by atoms with Gasteiger partial charge in [0.25, 0.3) is 10.2 Å². The largest absolute Gasteiger partial charge is 0.384 e. The van der Waals surface area contributed by atoms with Crippen molar-refractivity contribution in [2.75, 3.05) is 39.9 Å². The van der Waals surface area contributed by atoms with Gasteiger partial charge in [0.1, 0.15) is 0 Å². The van der Waals surface area contributed by atoms with Crippen molar-refractivity contribution in [2.24, 2.45) is 11.8 Å². The van der Waals surface area contributed by atoms with E-state index in [2.05, 4.69) is 30.3 Å². The maximum atomic E-state index is 13.0. The van der Waals surface area contributed by atoms with Gasteiger partial charge in [-0.05, 0) is 55.9 Å². The summed E-state index contributed by atoms with van der Waals surface area (Å²) in [5, 5.41) is 0. The van der Waals surface area contributed by atoms with Crippen LogP contribution in [0, 0.1) is 11.8 Å². The molecule has 6 heteroatoms. The molecule has 1 unspecified atom stereocenters. The summed E-state index contributed by atoms with van der Waals surface area (Å²) in [6, 6.07) is 10.6. The molecule has 3 rings (SSSR count). The average Bonchev–Trinajstić information content (AvgIpc) is 2.70. The molecule has 0 bridgehead atoms. The van der Waals surface area contributed by atoms with Crippen molar-refractivity contribution in [1.29, 1.82) is 0 Å². The Labute approximate surface area is 164 Å². The molecule has 1 aromatic carbocycles. The van der Waals surface area contributed by atoms with Gasteiger partial charge in [0.05, 0.1) is 6.61 Å². The van der Waals surface area contributed by atoms with Crippen LogP contribution in [0.5, 0.6) is 0 Å². The third kappa shape index (κ3) is 5.76. The van der Waals surface area contributed by atoms with Gasteiger partial charge < -0.3 is 4.74 Å². The predicted molar refractivity (Wildman–Crippen MR) is 109 cm³/mol. The Morgan fingerprint density at radius 3 is 2.44 bits per heavy atom. The molecule has 0 spiro atoms. The third-order valence-electron chi connectivity index (χ3n) is 6.03. The maximum absolute atomic E-state index is 13.0. The molecule has 2 fully saturated rings. The summed E-state index contributed by atoms with van der Waals surface area (Å²) >= 11 is 0. The molecule has 27 heavy (non-hydrogen) atoms. The van der Waals surface area contributed by atoms with Crippen LogP contribution in [0.3, 0.4) is 0 Å². The topological polar surface area (TPSA) is 49.9 Å². The zero-order chi connectivity index (χ0) is 19.1. The number of hydrogen-bond donors (Lipinski definition) is 0. The van der Waals surface area contributed by atoms with Gasteiger partial charge in [0.15, 0.2) is 0 Å². The third-order valence-corrected chi connectivity index (χ3v) is 8.03. The van der Waals surface area contributed by atoms with Crippen molar-refractivity contribution in [3.63, 3.8) is 0 Å². The van der Waals surface area contributed by atoms with E-state index in [1.54, 1.807) is 15.7 Å². The SMILES string of the molecule is COCC1CCCN(S(=O)(=O)N2CCC(CCCc3ccccc3)CC2)C1. The standard InChI is InChI=1S/C21H34N2O3S/c1-26-18-21-11-6-14-23(17-21)27(24,25)22-15-12-20(13-16-22)10-5-9-19-7-3-2-4-8-19/h2-4,7-8,20-21H,5-6,9-18H2,1H3. The molecule has 152 valence electrons. The summed E-state index contributed by atoms with van der Waals surface area (Å²) in [6.45, 7) is 3.25. The second-order valence-corrected chi connectivity index (χ2v) is 9.98. The molecule has 0 N–H and O–H groups in total. The van der Waals surface area contributed by atoms with E-state index >= 15 is 0 Å². The highest BCUT2D eigenvalue weighted by atomic mass is 32.2. The van der Waals surface area contributed by atoms with E-state index in [-0.39, 0.29) is 0 Å². The fraction of sp³-hybridized carbons (Fsp3) is 0.714. The van der Waals surface area contributed by atoms with E-state index in [0.717, 1.165) is 32.1 Å². The Hall–Kier alpha value is -0.950. The van der Waals surface area contributed by atoms with E-state index in [4.69, 9.17) is 4.74 Å². The van der Waals surface area contributed by atoms with E-state index in [1.165, 1.54) is 18.4 Å². The Balaban J connectivity index is 1.43. The number of nitrogens with zero attached hydrogens (tertiary/aromatic N) is 2. The molecule has 0 saturated carbocycles. The summed E-state index contributed by atoms with van der Waals surface area (Å²) in [7, 11) is -1.62. The van der Waals surface area contributed by atoms with Crippen LogP contribution in [0.25, 0.3) is 0 Å². The van der Waals surface area contributed by atoms with Crippen LogP contribution < -0.4 is 0 Å². The highest BCUT2D eigenvalue weighted by Gasteiger charge is 2.35. The number of benzene rings is 1. The highest BCUT2D eigenvalue weighted by Crippen LogP contribution is 2.27. The summed E-state index contributed by atoms with van der Waals surface area (Å²) in [4.78, 5) is 0. The van der Waals surface area contributed by atoms with Crippen molar-refractivity contribution in [3.8, 4) is 0 Å². The average molecular weight is 395 g/mol. The molecule has 0 aliphatic carbocycles. The number of rotatable bonds is 8. The van der Waals surface area contributed by atoms with Crippen molar-refractivity contribution in [3.05, 3.63) is 35.9 Å². The summed E-state index contributed by atoms with van der Waals surface area (Å²) in [6.07, 6.45) is 7.47. The molecule has 0 amide bonds. The van der Waals surface area contributed by atoms with Crippen LogP contribution in [0.15, 0.2) is 30.3 Å². The minimum absolute atomic E-state index is 0.328. The van der Waals surface area contributed by atoms with Gasteiger partial charge in [-0.15, -0.1) is 0 Å². The summed E-state index contributed by atoms with van der Waals surface area (Å²) in [5.74, 6) is 0.983. The normalized spacial score (nSPS) is 23.5. The minimum atomic E-state index is -3.31. The number of piperidine rings is 2. The first-order valence-electron chi connectivity index (χ1n) is 10.4. The van der Waals surface area contributed by atoms with Gasteiger partial charge in [-0.2, -0.15) is 17.0 Å². The predicted octanol–water partition coefficient (Wildman–Crippen LogP) is 3.32. The van der Waals surface area contributed by atoms with Gasteiger partial charge in [0.2, 0.25) is 0 Å². The van der Waals surface area contributed by atoms with Gasteiger partial charge in [-0.3, -0.25) is 0 Å². The fourth-order valence-electron chi connectivity index (χ4n) is 4.44. The molecule has 2 heterocycles. The molecule has 0 aromatic heterocycles. The van der Waals surface area contributed by atoms with Crippen molar-refractivity contribution in [2.45, 2.75) is 44.9 Å². The van der Waals surface area contributed by atoms with E-state index in [9.17, 15) is 8.42 Å². The molecule has 2 aliphatic rings. The van der Waals surface area contributed by atoms with Gasteiger partial charge >= 0.3 is 0 Å². The van der Waals surface area contributed by atoms with E-state index in [0.29, 0.717) is 44.6 Å². The minimum Gasteiger partial charge on any atom is -0.384 e. The van der Waals surface area contributed by atoms with Gasteiger partial charge in [0, 0.05) is 33.3 Å². The highest BCUT2D eigenvalue weighted by molar-refractivity contribution is 7.86. The summed E-state index contributed by atoms with van der Waals surface area (Å²) < 4.78 is 34.7. The molecule has 0 radical (unpaired) electrons. The van der Waals surface area contributed by atoms with Crippen molar-refractivity contribution >= 4 is 10.2 Å². The zero-order valence-electron chi connectivity index (χ0n) is 16.6. The number of aryl methyl sites for hydroxylation is 1. The Kier molecular flexibility index (Phi) is 7.70. The lowest BCUT2D eigenvalue weighted by atomic mass is 9.91. The van der Waals surface area contributed by atoms with Crippen molar-refractivity contribution < 1.29 is 13.2 Å². The number of methoxy groups -OCH3 is 1. The second-order valence-electron chi connectivity index (χ2n) is 8.05. The summed E-state index contributed by atoms with van der Waals surface area (Å²) in [5.41, 5.74) is 1.40. The molecule has 1 atom stereocenters. The van der Waals surface area contributed by atoms with E-state index < -0.39 is 10.2 Å². The molecule has 1 aromatic rings. The van der Waals surface area contributed by atoms with E-state index in [1.807, 2.05) is 0 Å². The first-order chi connectivity index (χ1) is 13.1. The van der Waals surface area contributed by atoms with Crippen LogP contribution in [0.4, 0.5) is 0 Å². The van der Waals surface area contributed by atoms with Gasteiger partial charge in [-0.1, -0.05) is 36.8 Å². The van der Waals surface area contributed by atoms with Crippen LogP contribution >= 0.6 is 0 Å². The Bertz CT molecular complexity index is 655. The molecule has 5 nitrogen and oxygen atoms in total. The van der Waals surface area contributed by atoms with Gasteiger partial charge in [-0.25, -0.2) is 0 Å². The molecule has 2 aliphatic heterocycles. The Morgan fingerprint density at radius 2 is 1.74 bits per heavy atom. The smallest absolute Gasteiger partial charge is 0.281 e. The molecular weight excluding hydrogens is 360 g/mol. The first kappa shape index (κ1) is 20.8. The lowest BCUT2D eigenvalue weighted by molar-refractivity contribution is 0.115. The molecular formula is C21H34N2O3S. The second kappa shape index (κ2) is 10.0. The van der Waals surface area contributed by atoms with Crippen LogP contribution in [0.2, 0.25) is 0 Å². The monoisotopic (exact) mass is 394 g/mol. The van der Waals surface area contributed by atoms with Crippen LogP contribution in [-0.2, 0) is 21.4 Å². The molecule has 2 saturated heterocycles. The first-order valence-corrected chi connectivity index (χ1v) is 11.8. The fourth-order valence-corrected chi connectivity index (χ4v) is 6.20. The van der Waals surface area contributed by atoms with Crippen LogP contribution in [0.1, 0.15) is 44.1 Å². The zero-order valence-corrected chi connectivity index (χ0v) is 17.4. The number of ether oxygens (including phenoxy) is 1. The number of hydrogen-bond acceptors (Lipinski definition) is 3. The quantitative estimate of drug-likeness (QED) is 0.680. The Morgan fingerprint density at radius 1 is 1.00 bits per heavy atom. The van der Waals surface area contributed by atoms with Crippen LogP contribution in [-0.4, -0.2) is 56.9 Å². The lowest BCUT2D eigenvalue weighted by Crippen LogP contribution is -2.50. The lowest BCUT2D eigenvalue weighted by Gasteiger charge is -2.38. The maximum Gasteiger partial charge on any atom is 0.281 e. The van der Waals surface area contributed by atoms with Crippen molar-refractivity contribution in [1.82, 2.24) is 8.61 Å².